The summed E-state index contributed by atoms with van der Waals surface area (Å²) in [7, 11) is 0. The number of carboxylic acid groups (broad SMARTS) is 1. The van der Waals surface area contributed by atoms with Crippen LogP contribution in [-0.4, -0.2) is 64.9 Å². The molecule has 0 bridgehead atoms. The van der Waals surface area contributed by atoms with E-state index < -0.39 is 35.5 Å². The van der Waals surface area contributed by atoms with Gasteiger partial charge in [0.15, 0.2) is 0 Å². The van der Waals surface area contributed by atoms with Gasteiger partial charge in [0.1, 0.15) is 17.8 Å². The summed E-state index contributed by atoms with van der Waals surface area (Å²) in [5.41, 5.74) is 0.371. The quantitative estimate of drug-likeness (QED) is 0.458. The number of aliphatic carboxylic acids is 1. The van der Waals surface area contributed by atoms with Gasteiger partial charge >= 0.3 is 11.9 Å². The second-order valence-corrected chi connectivity index (χ2v) is 11.2. The van der Waals surface area contributed by atoms with Crippen molar-refractivity contribution in [1.82, 2.24) is 10.2 Å². The average molecular weight is 517 g/mol. The molecule has 0 aliphatic carbocycles. The van der Waals surface area contributed by atoms with Crippen LogP contribution in [0.25, 0.3) is 0 Å². The largest absolute Gasteiger partial charge is 0.480 e. The van der Waals surface area contributed by atoms with Gasteiger partial charge in [0.05, 0.1) is 24.2 Å². The lowest BCUT2D eigenvalue weighted by atomic mass is 9.85. The number of carbonyl (C=O) groups excluding carboxylic acids is 2. The third-order valence-electron chi connectivity index (χ3n) is 6.17. The highest BCUT2D eigenvalue weighted by Gasteiger charge is 2.45. The minimum absolute atomic E-state index is 0.192. The molecule has 2 N–H and O–H groups in total. The molecular weight excluding hydrogens is 480 g/mol. The van der Waals surface area contributed by atoms with Gasteiger partial charge in [0, 0.05) is 12.3 Å². The molecule has 2 aromatic rings. The first-order valence-electron chi connectivity index (χ1n) is 12.3. The number of esters is 1. The van der Waals surface area contributed by atoms with Crippen molar-refractivity contribution in [2.24, 2.45) is 5.41 Å². The number of hydrogen-bond donors (Lipinski definition) is 2. The Morgan fingerprint density at radius 3 is 2.53 bits per heavy atom. The standard InChI is InChI=1S/C27H36N2O6S/c1-5-34-26(33)19(14-13-18-10-7-6-8-11-18)28-20-17-36-22(21-12-9-15-35-21)16-29(24(20)30)23(25(31)32)27(2,3)4/h6-12,15,19-20,22-23,28H,5,13-14,16-17H2,1-4H3,(H,31,32). The molecule has 4 unspecified atom stereocenters. The van der Waals surface area contributed by atoms with Crippen LogP contribution in [0, 0.1) is 5.41 Å². The van der Waals surface area contributed by atoms with E-state index in [4.69, 9.17) is 9.15 Å². The molecule has 1 fully saturated rings. The number of nitrogens with one attached hydrogen (secondary N) is 1. The molecule has 1 aromatic carbocycles. The summed E-state index contributed by atoms with van der Waals surface area (Å²) in [6.07, 6.45) is 2.64. The predicted octanol–water partition coefficient (Wildman–Crippen LogP) is 3.92. The summed E-state index contributed by atoms with van der Waals surface area (Å²) >= 11 is 1.51. The number of aryl methyl sites for hydroxylation is 1. The van der Waals surface area contributed by atoms with Gasteiger partial charge in [0.2, 0.25) is 5.91 Å². The first kappa shape index (κ1) is 27.8. The van der Waals surface area contributed by atoms with Crippen molar-refractivity contribution in [2.45, 2.75) is 63.9 Å². The van der Waals surface area contributed by atoms with Crippen molar-refractivity contribution < 1.29 is 28.6 Å². The molecule has 1 aromatic heterocycles. The number of carboxylic acids is 1. The van der Waals surface area contributed by atoms with Crippen molar-refractivity contribution >= 4 is 29.6 Å². The molecule has 0 saturated carbocycles. The van der Waals surface area contributed by atoms with Gasteiger partial charge < -0.3 is 19.2 Å². The zero-order valence-corrected chi connectivity index (χ0v) is 22.1. The smallest absolute Gasteiger partial charge is 0.326 e. The van der Waals surface area contributed by atoms with Crippen molar-refractivity contribution in [2.75, 3.05) is 18.9 Å². The van der Waals surface area contributed by atoms with E-state index in [0.717, 1.165) is 5.56 Å². The van der Waals surface area contributed by atoms with Crippen molar-refractivity contribution in [3.8, 4) is 0 Å². The fourth-order valence-electron chi connectivity index (χ4n) is 4.49. The Hall–Kier alpha value is -2.78. The molecule has 9 heteroatoms. The summed E-state index contributed by atoms with van der Waals surface area (Å²) in [5.74, 6) is -0.783. The fraction of sp³-hybridized carbons (Fsp3) is 0.519. The SMILES string of the molecule is CCOC(=O)C(CCc1ccccc1)NC1CSC(c2ccco2)CN(C(C(=O)O)C(C)(C)C)C1=O. The van der Waals surface area contributed by atoms with Gasteiger partial charge in [-0.25, -0.2) is 4.79 Å². The summed E-state index contributed by atoms with van der Waals surface area (Å²) in [6, 6.07) is 10.9. The first-order valence-corrected chi connectivity index (χ1v) is 13.3. The highest BCUT2D eigenvalue weighted by Crippen LogP contribution is 2.37. The third kappa shape index (κ3) is 7.13. The summed E-state index contributed by atoms with van der Waals surface area (Å²) in [6.45, 7) is 7.59. The molecule has 1 amide bonds. The van der Waals surface area contributed by atoms with E-state index in [9.17, 15) is 19.5 Å². The second-order valence-electron chi connectivity index (χ2n) is 9.98. The van der Waals surface area contributed by atoms with Gasteiger partial charge in [-0.2, -0.15) is 0 Å². The topological polar surface area (TPSA) is 109 Å². The molecule has 1 saturated heterocycles. The van der Waals surface area contributed by atoms with Crippen LogP contribution in [0.4, 0.5) is 0 Å². The highest BCUT2D eigenvalue weighted by molar-refractivity contribution is 7.99. The van der Waals surface area contributed by atoms with E-state index in [0.29, 0.717) is 24.4 Å². The van der Waals surface area contributed by atoms with Crippen molar-refractivity contribution in [3.05, 3.63) is 60.1 Å². The van der Waals surface area contributed by atoms with Gasteiger partial charge in [-0.05, 0) is 42.9 Å². The number of ether oxygens (including phenoxy) is 1. The van der Waals surface area contributed by atoms with Crippen LogP contribution >= 0.6 is 11.8 Å². The van der Waals surface area contributed by atoms with E-state index in [1.165, 1.54) is 16.7 Å². The lowest BCUT2D eigenvalue weighted by Gasteiger charge is -2.38. The normalized spacial score (nSPS) is 20.4. The van der Waals surface area contributed by atoms with Gasteiger partial charge in [-0.3, -0.25) is 14.9 Å². The maximum absolute atomic E-state index is 13.8. The van der Waals surface area contributed by atoms with Crippen LogP contribution in [0.15, 0.2) is 53.1 Å². The molecule has 1 aliphatic rings. The van der Waals surface area contributed by atoms with E-state index in [1.54, 1.807) is 19.3 Å². The van der Waals surface area contributed by atoms with Gasteiger partial charge in [-0.15, -0.1) is 11.8 Å². The lowest BCUT2D eigenvalue weighted by Crippen LogP contribution is -2.59. The van der Waals surface area contributed by atoms with E-state index in [2.05, 4.69) is 5.32 Å². The van der Waals surface area contributed by atoms with E-state index in [-0.39, 0.29) is 24.3 Å². The second kappa shape index (κ2) is 12.5. The zero-order chi connectivity index (χ0) is 26.3. The Balaban J connectivity index is 1.88. The Morgan fingerprint density at radius 1 is 1.22 bits per heavy atom. The Kier molecular flexibility index (Phi) is 9.62. The van der Waals surface area contributed by atoms with Crippen LogP contribution in [0.2, 0.25) is 0 Å². The minimum atomic E-state index is -1.06. The number of carbonyl (C=O) groups is 3. The Morgan fingerprint density at radius 2 is 1.94 bits per heavy atom. The first-order chi connectivity index (χ1) is 17.1. The number of amides is 1. The summed E-state index contributed by atoms with van der Waals surface area (Å²) in [4.78, 5) is 40.5. The molecule has 8 nitrogen and oxygen atoms in total. The van der Waals surface area contributed by atoms with Gasteiger partial charge in [0.25, 0.3) is 0 Å². The minimum Gasteiger partial charge on any atom is -0.480 e. The number of hydrogen-bond acceptors (Lipinski definition) is 7. The predicted molar refractivity (Wildman–Crippen MR) is 139 cm³/mol. The van der Waals surface area contributed by atoms with E-state index in [1.807, 2.05) is 57.2 Å². The number of furan rings is 1. The average Bonchev–Trinajstić information content (AvgIpc) is 3.31. The Labute approximate surface area is 216 Å². The summed E-state index contributed by atoms with van der Waals surface area (Å²) < 4.78 is 10.9. The molecule has 196 valence electrons. The fourth-order valence-corrected chi connectivity index (χ4v) is 5.71. The van der Waals surface area contributed by atoms with E-state index >= 15 is 0 Å². The molecule has 1 aliphatic heterocycles. The molecule has 0 spiro atoms. The number of rotatable bonds is 10. The third-order valence-corrected chi connectivity index (χ3v) is 7.48. The lowest BCUT2D eigenvalue weighted by molar-refractivity contribution is -0.156. The molecule has 0 radical (unpaired) electrons. The molecular formula is C27H36N2O6S. The monoisotopic (exact) mass is 516 g/mol. The van der Waals surface area contributed by atoms with Crippen molar-refractivity contribution in [1.29, 1.82) is 0 Å². The number of benzene rings is 1. The van der Waals surface area contributed by atoms with Gasteiger partial charge in [-0.1, -0.05) is 51.1 Å². The molecule has 4 atom stereocenters. The van der Waals surface area contributed by atoms with Crippen LogP contribution in [-0.2, 0) is 25.5 Å². The summed E-state index contributed by atoms with van der Waals surface area (Å²) in [5, 5.41) is 13.1. The molecule has 2 heterocycles. The molecule has 36 heavy (non-hydrogen) atoms. The van der Waals surface area contributed by atoms with Crippen molar-refractivity contribution in [3.63, 3.8) is 0 Å². The van der Waals surface area contributed by atoms with Crippen LogP contribution in [0.5, 0.6) is 0 Å². The van der Waals surface area contributed by atoms with Crippen LogP contribution in [0.3, 0.4) is 0 Å². The van der Waals surface area contributed by atoms with Crippen LogP contribution in [0.1, 0.15) is 50.7 Å². The number of nitrogens with zero attached hydrogens (tertiary/aromatic N) is 1. The maximum Gasteiger partial charge on any atom is 0.326 e. The maximum atomic E-state index is 13.8. The van der Waals surface area contributed by atoms with Crippen LogP contribution < -0.4 is 5.32 Å². The zero-order valence-electron chi connectivity index (χ0n) is 21.3. The Bertz CT molecular complexity index is 1010. The number of thioether (sulfide) groups is 1. The highest BCUT2D eigenvalue weighted by atomic mass is 32.2. The molecule has 3 rings (SSSR count).